The fraction of sp³-hybridized carbons (Fsp3) is 0.923. The summed E-state index contributed by atoms with van der Waals surface area (Å²) in [7, 11) is 0. The SMILES string of the molecule is CCC(CC)CC.OC[C@@H]1CCCN1C(=S)[S-]. The van der Waals surface area contributed by atoms with Crippen molar-refractivity contribution in [2.45, 2.75) is 58.9 Å². The number of nitrogens with zero attached hydrogens (tertiary/aromatic N) is 1. The molecule has 0 amide bonds. The van der Waals surface area contributed by atoms with Gasteiger partial charge in [0.25, 0.3) is 0 Å². The van der Waals surface area contributed by atoms with Gasteiger partial charge in [-0.1, -0.05) is 44.4 Å². The van der Waals surface area contributed by atoms with Gasteiger partial charge in [-0.05, 0) is 18.8 Å². The summed E-state index contributed by atoms with van der Waals surface area (Å²) in [5.74, 6) is 0.986. The lowest BCUT2D eigenvalue weighted by atomic mass is 10.0. The summed E-state index contributed by atoms with van der Waals surface area (Å²) in [4.78, 5) is 1.92. The van der Waals surface area contributed by atoms with Crippen LogP contribution in [0.1, 0.15) is 52.9 Å². The molecule has 1 atom stereocenters. The van der Waals surface area contributed by atoms with Crippen molar-refractivity contribution in [2.24, 2.45) is 5.92 Å². The molecule has 1 N–H and O–H groups in total. The van der Waals surface area contributed by atoms with Gasteiger partial charge >= 0.3 is 0 Å². The van der Waals surface area contributed by atoms with Gasteiger partial charge in [0, 0.05) is 6.54 Å². The molecule has 4 heteroatoms. The molecule has 0 aromatic rings. The predicted octanol–water partition coefficient (Wildman–Crippen LogP) is 3.11. The number of hydrogen-bond acceptors (Lipinski definition) is 3. The normalized spacial score (nSPS) is 19.1. The van der Waals surface area contributed by atoms with E-state index in [1.165, 1.54) is 19.3 Å². The lowest BCUT2D eigenvalue weighted by molar-refractivity contribution is 0.212. The van der Waals surface area contributed by atoms with Crippen LogP contribution in [0, 0.1) is 5.92 Å². The lowest BCUT2D eigenvalue weighted by Gasteiger charge is -2.28. The van der Waals surface area contributed by atoms with Crippen molar-refractivity contribution >= 4 is 29.2 Å². The van der Waals surface area contributed by atoms with E-state index in [1.807, 2.05) is 4.90 Å². The Morgan fingerprint density at radius 1 is 1.35 bits per heavy atom. The molecule has 102 valence electrons. The average molecular weight is 276 g/mol. The Bertz CT molecular complexity index is 202. The molecule has 0 saturated carbocycles. The van der Waals surface area contributed by atoms with Gasteiger partial charge in [-0.15, -0.1) is 0 Å². The van der Waals surface area contributed by atoms with E-state index in [9.17, 15) is 0 Å². The third-order valence-corrected chi connectivity index (χ3v) is 4.02. The van der Waals surface area contributed by atoms with Gasteiger partial charge in [0.05, 0.1) is 12.6 Å². The molecule has 0 unspecified atom stereocenters. The van der Waals surface area contributed by atoms with Crippen LogP contribution in [0.15, 0.2) is 0 Å². The van der Waals surface area contributed by atoms with E-state index in [0.29, 0.717) is 4.32 Å². The Labute approximate surface area is 117 Å². The highest BCUT2D eigenvalue weighted by Crippen LogP contribution is 2.16. The van der Waals surface area contributed by atoms with E-state index in [-0.39, 0.29) is 12.6 Å². The topological polar surface area (TPSA) is 23.5 Å². The molecule has 0 aromatic carbocycles. The van der Waals surface area contributed by atoms with Crippen LogP contribution >= 0.6 is 12.2 Å². The van der Waals surface area contributed by atoms with Gasteiger partial charge in [-0.25, -0.2) is 0 Å². The lowest BCUT2D eigenvalue weighted by Crippen LogP contribution is -2.35. The summed E-state index contributed by atoms with van der Waals surface area (Å²) < 4.78 is 0.497. The van der Waals surface area contributed by atoms with Crippen LogP contribution in [-0.4, -0.2) is 33.5 Å². The zero-order chi connectivity index (χ0) is 13.3. The van der Waals surface area contributed by atoms with Crippen molar-refractivity contribution < 1.29 is 5.11 Å². The maximum Gasteiger partial charge on any atom is 0.0634 e. The first-order chi connectivity index (χ1) is 8.10. The maximum absolute atomic E-state index is 8.84. The van der Waals surface area contributed by atoms with E-state index in [2.05, 4.69) is 20.8 Å². The third kappa shape index (κ3) is 6.53. The van der Waals surface area contributed by atoms with E-state index in [4.69, 9.17) is 30.0 Å². The number of likely N-dealkylation sites (tertiary alicyclic amines) is 1. The van der Waals surface area contributed by atoms with Crippen molar-refractivity contribution in [3.8, 4) is 0 Å². The molecule has 1 saturated heterocycles. The fourth-order valence-corrected chi connectivity index (χ4v) is 2.61. The minimum absolute atomic E-state index is 0.177. The zero-order valence-corrected chi connectivity index (χ0v) is 12.9. The van der Waals surface area contributed by atoms with Gasteiger partial charge in [0.15, 0.2) is 0 Å². The Balaban J connectivity index is 0.000000325. The molecule has 0 radical (unpaired) electrons. The number of hydrogen-bond donors (Lipinski definition) is 1. The molecule has 1 heterocycles. The first-order valence-electron chi connectivity index (χ1n) is 6.69. The van der Waals surface area contributed by atoms with Gasteiger partial charge < -0.3 is 34.9 Å². The van der Waals surface area contributed by atoms with Crippen molar-refractivity contribution in [1.29, 1.82) is 0 Å². The number of aliphatic hydroxyl groups is 1. The molecular formula is C13H26NOS2-. The minimum atomic E-state index is 0.177. The van der Waals surface area contributed by atoms with Crippen LogP contribution in [0.5, 0.6) is 0 Å². The summed E-state index contributed by atoms with van der Waals surface area (Å²) in [5.41, 5.74) is 0. The monoisotopic (exact) mass is 276 g/mol. The van der Waals surface area contributed by atoms with E-state index in [1.54, 1.807) is 0 Å². The first-order valence-corrected chi connectivity index (χ1v) is 7.50. The molecule has 0 spiro atoms. The van der Waals surface area contributed by atoms with Crippen LogP contribution in [-0.2, 0) is 12.6 Å². The summed E-state index contributed by atoms with van der Waals surface area (Å²) >= 11 is 9.66. The van der Waals surface area contributed by atoms with Crippen molar-refractivity contribution in [1.82, 2.24) is 4.90 Å². The zero-order valence-electron chi connectivity index (χ0n) is 11.3. The largest absolute Gasteiger partial charge is 0.411 e. The standard InChI is InChI=1S/C7H16.C6H11NOS2/c1-4-7(5-2)6-3;8-4-5-2-1-3-7(5)6(9)10/h7H,4-6H2,1-3H3;5,8H,1-4H2,(H,9,10)/p-1/t;5-/m.0/s1. The highest BCUT2D eigenvalue weighted by Gasteiger charge is 2.20. The van der Waals surface area contributed by atoms with Crippen molar-refractivity contribution in [2.75, 3.05) is 13.2 Å². The molecule has 1 fully saturated rings. The van der Waals surface area contributed by atoms with Crippen LogP contribution in [0.25, 0.3) is 0 Å². The molecule has 2 nitrogen and oxygen atoms in total. The Kier molecular flexibility index (Phi) is 10.1. The highest BCUT2D eigenvalue weighted by molar-refractivity contribution is 8.00. The van der Waals surface area contributed by atoms with Crippen molar-refractivity contribution in [3.05, 3.63) is 0 Å². The maximum atomic E-state index is 8.84. The smallest absolute Gasteiger partial charge is 0.0634 e. The van der Waals surface area contributed by atoms with Crippen LogP contribution in [0.3, 0.4) is 0 Å². The van der Waals surface area contributed by atoms with Gasteiger partial charge in [-0.2, -0.15) is 0 Å². The fourth-order valence-electron chi connectivity index (χ4n) is 2.13. The van der Waals surface area contributed by atoms with Gasteiger partial charge in [-0.3, -0.25) is 0 Å². The predicted molar refractivity (Wildman–Crippen MR) is 81.1 cm³/mol. The highest BCUT2D eigenvalue weighted by atomic mass is 32.1. The average Bonchev–Trinajstić information content (AvgIpc) is 2.80. The Morgan fingerprint density at radius 2 is 1.88 bits per heavy atom. The summed E-state index contributed by atoms with van der Waals surface area (Å²) in [5, 5.41) is 8.84. The van der Waals surface area contributed by atoms with Gasteiger partial charge in [0.1, 0.15) is 0 Å². The van der Waals surface area contributed by atoms with E-state index < -0.39 is 0 Å². The molecule has 0 bridgehead atoms. The molecular weight excluding hydrogens is 250 g/mol. The number of thiocarbonyl (C=S) groups is 1. The molecule has 0 aliphatic carbocycles. The van der Waals surface area contributed by atoms with Crippen molar-refractivity contribution in [3.63, 3.8) is 0 Å². The minimum Gasteiger partial charge on any atom is -0.411 e. The second-order valence-electron chi connectivity index (χ2n) is 4.53. The van der Waals surface area contributed by atoms with Crippen LogP contribution < -0.4 is 0 Å². The number of aliphatic hydroxyl groups excluding tert-OH is 1. The second kappa shape index (κ2) is 10.0. The van der Waals surface area contributed by atoms with E-state index >= 15 is 0 Å². The van der Waals surface area contributed by atoms with Crippen LogP contribution in [0.4, 0.5) is 0 Å². The quantitative estimate of drug-likeness (QED) is 0.629. The van der Waals surface area contributed by atoms with Crippen LogP contribution in [0.2, 0.25) is 0 Å². The Morgan fingerprint density at radius 3 is 2.12 bits per heavy atom. The van der Waals surface area contributed by atoms with E-state index in [0.717, 1.165) is 25.3 Å². The third-order valence-electron chi connectivity index (χ3n) is 3.55. The first kappa shape index (κ1) is 17.1. The molecule has 17 heavy (non-hydrogen) atoms. The number of rotatable bonds is 4. The molecule has 1 rings (SSSR count). The molecule has 1 aliphatic heterocycles. The molecule has 0 aromatic heterocycles. The van der Waals surface area contributed by atoms with Gasteiger partial charge in [0.2, 0.25) is 0 Å². The Hall–Kier alpha value is 0.0700. The molecule has 1 aliphatic rings. The summed E-state index contributed by atoms with van der Waals surface area (Å²) in [6.45, 7) is 7.89. The summed E-state index contributed by atoms with van der Waals surface area (Å²) in [6, 6.07) is 0.199. The second-order valence-corrected chi connectivity index (χ2v) is 5.56. The summed E-state index contributed by atoms with van der Waals surface area (Å²) in [6.07, 6.45) is 6.18.